The van der Waals surface area contributed by atoms with Crippen molar-refractivity contribution in [1.82, 2.24) is 4.98 Å². The van der Waals surface area contributed by atoms with Gasteiger partial charge in [0.1, 0.15) is 11.5 Å². The third kappa shape index (κ3) is 2.27. The molecule has 0 fully saturated rings. The van der Waals surface area contributed by atoms with Crippen LogP contribution in [0.3, 0.4) is 0 Å². The zero-order chi connectivity index (χ0) is 13.2. The lowest BCUT2D eigenvalue weighted by Gasteiger charge is -2.11. The Morgan fingerprint density at radius 2 is 1.79 bits per heavy atom. The predicted molar refractivity (Wildman–Crippen MR) is 80.4 cm³/mol. The van der Waals surface area contributed by atoms with Gasteiger partial charge in [0.2, 0.25) is 0 Å². The van der Waals surface area contributed by atoms with E-state index in [0.717, 1.165) is 26.9 Å². The van der Waals surface area contributed by atoms with E-state index < -0.39 is 0 Å². The highest BCUT2D eigenvalue weighted by molar-refractivity contribution is 9.10. The van der Waals surface area contributed by atoms with Crippen LogP contribution in [-0.4, -0.2) is 4.98 Å². The monoisotopic (exact) mass is 314 g/mol. The number of nitrogen functional groups attached to an aromatic ring is 1. The van der Waals surface area contributed by atoms with Crippen LogP contribution in [0.1, 0.15) is 0 Å². The van der Waals surface area contributed by atoms with E-state index >= 15 is 0 Å². The Balaban J connectivity index is 2.12. The summed E-state index contributed by atoms with van der Waals surface area (Å²) in [5, 5.41) is 0.901. The van der Waals surface area contributed by atoms with E-state index in [0.29, 0.717) is 5.69 Å². The van der Waals surface area contributed by atoms with Gasteiger partial charge in [-0.2, -0.15) is 0 Å². The van der Waals surface area contributed by atoms with E-state index in [2.05, 4.69) is 20.9 Å². The van der Waals surface area contributed by atoms with Crippen molar-refractivity contribution >= 4 is 32.5 Å². The first-order valence-electron chi connectivity index (χ1n) is 5.81. The van der Waals surface area contributed by atoms with Crippen molar-refractivity contribution in [3.63, 3.8) is 0 Å². The number of nitrogens with two attached hydrogens (primary N) is 1. The van der Waals surface area contributed by atoms with Crippen LogP contribution >= 0.6 is 15.9 Å². The molecule has 2 N–H and O–H groups in total. The summed E-state index contributed by atoms with van der Waals surface area (Å²) >= 11 is 3.47. The van der Waals surface area contributed by atoms with E-state index in [9.17, 15) is 0 Å². The molecule has 0 amide bonds. The maximum Gasteiger partial charge on any atom is 0.141 e. The fraction of sp³-hybridized carbons (Fsp3) is 0. The van der Waals surface area contributed by atoms with E-state index in [1.165, 1.54) is 0 Å². The van der Waals surface area contributed by atoms with Gasteiger partial charge in [0.15, 0.2) is 0 Å². The molecule has 19 heavy (non-hydrogen) atoms. The summed E-state index contributed by atoms with van der Waals surface area (Å²) in [5.74, 6) is 1.50. The molecule has 0 unspecified atom stereocenters. The second kappa shape index (κ2) is 4.90. The first-order chi connectivity index (χ1) is 9.25. The molecular formula is C15H11BrN2O. The molecule has 3 rings (SSSR count). The number of para-hydroxylation sites is 1. The van der Waals surface area contributed by atoms with Crippen molar-refractivity contribution in [2.75, 3.05) is 5.73 Å². The highest BCUT2D eigenvalue weighted by Gasteiger charge is 2.08. The Hall–Kier alpha value is -2.07. The largest absolute Gasteiger partial charge is 0.455 e. The topological polar surface area (TPSA) is 48.1 Å². The SMILES string of the molecule is Nc1ccc(Oc2ccccc2Br)c2cccnc12. The molecule has 0 bridgehead atoms. The number of anilines is 1. The van der Waals surface area contributed by atoms with Crippen LogP contribution in [0.2, 0.25) is 0 Å². The van der Waals surface area contributed by atoms with Crippen molar-refractivity contribution in [1.29, 1.82) is 0 Å². The fourth-order valence-electron chi connectivity index (χ4n) is 1.90. The fourth-order valence-corrected chi connectivity index (χ4v) is 2.27. The van der Waals surface area contributed by atoms with E-state index in [1.54, 1.807) is 6.20 Å². The lowest BCUT2D eigenvalue weighted by molar-refractivity contribution is 0.485. The van der Waals surface area contributed by atoms with Gasteiger partial charge in [-0.05, 0) is 52.3 Å². The summed E-state index contributed by atoms with van der Waals surface area (Å²) in [4.78, 5) is 4.29. The molecule has 94 valence electrons. The van der Waals surface area contributed by atoms with Gasteiger partial charge in [0.05, 0.1) is 15.7 Å². The van der Waals surface area contributed by atoms with Crippen LogP contribution < -0.4 is 10.5 Å². The van der Waals surface area contributed by atoms with Crippen LogP contribution in [0.4, 0.5) is 5.69 Å². The number of benzene rings is 2. The Morgan fingerprint density at radius 1 is 0.947 bits per heavy atom. The van der Waals surface area contributed by atoms with Crippen molar-refractivity contribution in [2.45, 2.75) is 0 Å². The molecule has 0 spiro atoms. The molecular weight excluding hydrogens is 304 g/mol. The van der Waals surface area contributed by atoms with E-state index in [1.807, 2.05) is 48.5 Å². The van der Waals surface area contributed by atoms with Gasteiger partial charge >= 0.3 is 0 Å². The molecule has 0 saturated heterocycles. The molecule has 4 heteroatoms. The van der Waals surface area contributed by atoms with Crippen LogP contribution in [0.5, 0.6) is 11.5 Å². The zero-order valence-corrected chi connectivity index (χ0v) is 11.6. The van der Waals surface area contributed by atoms with Gasteiger partial charge < -0.3 is 10.5 Å². The second-order valence-corrected chi connectivity index (χ2v) is 4.94. The average Bonchev–Trinajstić information content (AvgIpc) is 2.44. The number of halogens is 1. The quantitative estimate of drug-likeness (QED) is 0.714. The molecule has 1 aromatic heterocycles. The second-order valence-electron chi connectivity index (χ2n) is 4.08. The minimum atomic E-state index is 0.648. The molecule has 1 heterocycles. The van der Waals surface area contributed by atoms with Crippen molar-refractivity contribution in [2.24, 2.45) is 0 Å². The normalized spacial score (nSPS) is 10.6. The lowest BCUT2D eigenvalue weighted by atomic mass is 10.1. The average molecular weight is 315 g/mol. The number of aromatic nitrogens is 1. The first-order valence-corrected chi connectivity index (χ1v) is 6.60. The Kier molecular flexibility index (Phi) is 3.09. The standard InChI is InChI=1S/C15H11BrN2O/c16-11-5-1-2-6-14(11)19-13-8-7-12(17)15-10(13)4-3-9-18-15/h1-9H,17H2. The third-order valence-corrected chi connectivity index (χ3v) is 3.47. The van der Waals surface area contributed by atoms with Gasteiger partial charge in [-0.25, -0.2) is 0 Å². The van der Waals surface area contributed by atoms with Gasteiger partial charge in [-0.1, -0.05) is 12.1 Å². The summed E-state index contributed by atoms with van der Waals surface area (Å²) in [6.45, 7) is 0. The molecule has 2 aromatic carbocycles. The first kappa shape index (κ1) is 12.0. The van der Waals surface area contributed by atoms with Crippen molar-refractivity contribution < 1.29 is 4.74 Å². The van der Waals surface area contributed by atoms with Crippen molar-refractivity contribution in [3.8, 4) is 11.5 Å². The molecule has 0 saturated carbocycles. The van der Waals surface area contributed by atoms with Gasteiger partial charge in [-0.3, -0.25) is 4.98 Å². The molecule has 0 aliphatic rings. The number of nitrogens with zero attached hydrogens (tertiary/aromatic N) is 1. The Labute approximate surface area is 119 Å². The minimum absolute atomic E-state index is 0.648. The number of rotatable bonds is 2. The number of pyridine rings is 1. The number of hydrogen-bond acceptors (Lipinski definition) is 3. The van der Waals surface area contributed by atoms with Crippen LogP contribution in [-0.2, 0) is 0 Å². The Morgan fingerprint density at radius 3 is 2.63 bits per heavy atom. The van der Waals surface area contributed by atoms with E-state index in [-0.39, 0.29) is 0 Å². The lowest BCUT2D eigenvalue weighted by Crippen LogP contribution is -1.92. The third-order valence-electron chi connectivity index (χ3n) is 2.82. The highest BCUT2D eigenvalue weighted by atomic mass is 79.9. The highest BCUT2D eigenvalue weighted by Crippen LogP contribution is 2.34. The van der Waals surface area contributed by atoms with Crippen LogP contribution in [0, 0.1) is 0 Å². The number of ether oxygens (including phenoxy) is 1. The van der Waals surface area contributed by atoms with Crippen LogP contribution in [0.15, 0.2) is 59.2 Å². The summed E-state index contributed by atoms with van der Waals surface area (Å²) in [7, 11) is 0. The van der Waals surface area contributed by atoms with Gasteiger partial charge in [-0.15, -0.1) is 0 Å². The maximum atomic E-state index is 5.93. The zero-order valence-electron chi connectivity index (χ0n) is 10.0. The smallest absolute Gasteiger partial charge is 0.141 e. The molecule has 0 aliphatic heterocycles. The van der Waals surface area contributed by atoms with Gasteiger partial charge in [0, 0.05) is 11.6 Å². The van der Waals surface area contributed by atoms with Crippen molar-refractivity contribution in [3.05, 3.63) is 59.2 Å². The maximum absolute atomic E-state index is 5.93. The van der Waals surface area contributed by atoms with E-state index in [4.69, 9.17) is 10.5 Å². The molecule has 0 aliphatic carbocycles. The molecule has 0 radical (unpaired) electrons. The number of hydrogen-bond donors (Lipinski definition) is 1. The summed E-state index contributed by atoms with van der Waals surface area (Å²) in [6, 6.07) is 15.2. The molecule has 3 aromatic rings. The van der Waals surface area contributed by atoms with Gasteiger partial charge in [0.25, 0.3) is 0 Å². The predicted octanol–water partition coefficient (Wildman–Crippen LogP) is 4.37. The summed E-state index contributed by atoms with van der Waals surface area (Å²) < 4.78 is 6.84. The minimum Gasteiger partial charge on any atom is -0.455 e. The van der Waals surface area contributed by atoms with Crippen LogP contribution in [0.25, 0.3) is 10.9 Å². The molecule has 3 nitrogen and oxygen atoms in total. The Bertz CT molecular complexity index is 743. The molecule has 0 atom stereocenters. The summed E-state index contributed by atoms with van der Waals surface area (Å²) in [6.07, 6.45) is 1.72. The number of fused-ring (bicyclic) bond motifs is 1. The summed E-state index contributed by atoms with van der Waals surface area (Å²) in [5.41, 5.74) is 7.33.